The Kier molecular flexibility index (Phi) is 5.40. The van der Waals surface area contributed by atoms with E-state index in [0.717, 1.165) is 4.31 Å². The molecule has 2 aromatic carbocycles. The molecule has 7 nitrogen and oxygen atoms in total. The van der Waals surface area contributed by atoms with E-state index in [0.29, 0.717) is 0 Å². The number of hydrogen-bond acceptors (Lipinski definition) is 5. The SMILES string of the molecule is Cc1cc(N2C(=O)C(C)(C)CS2(=O)=O)ccc1S(=O)(=O)Nc1c(Cl)cccc1Cl. The van der Waals surface area contributed by atoms with Gasteiger partial charge in [-0.25, -0.2) is 21.1 Å². The van der Waals surface area contributed by atoms with Gasteiger partial charge in [0.15, 0.2) is 0 Å². The number of nitrogens with zero attached hydrogens (tertiary/aromatic N) is 1. The van der Waals surface area contributed by atoms with Crippen molar-refractivity contribution in [1.29, 1.82) is 0 Å². The average Bonchev–Trinajstić information content (AvgIpc) is 2.73. The highest BCUT2D eigenvalue weighted by Crippen LogP contribution is 2.37. The zero-order chi connectivity index (χ0) is 21.8. The van der Waals surface area contributed by atoms with Crippen LogP contribution in [0, 0.1) is 12.3 Å². The van der Waals surface area contributed by atoms with Gasteiger partial charge in [0, 0.05) is 0 Å². The molecule has 1 saturated heterocycles. The van der Waals surface area contributed by atoms with Gasteiger partial charge in [0.05, 0.1) is 37.5 Å². The number of nitrogens with one attached hydrogen (secondary N) is 1. The van der Waals surface area contributed by atoms with Gasteiger partial charge in [-0.05, 0) is 56.7 Å². The molecule has 0 unspecified atom stereocenters. The minimum absolute atomic E-state index is 0.0401. The Balaban J connectivity index is 2.01. The molecule has 1 heterocycles. The van der Waals surface area contributed by atoms with E-state index in [1.165, 1.54) is 37.3 Å². The van der Waals surface area contributed by atoms with Crippen LogP contribution in [0.1, 0.15) is 19.4 Å². The standard InChI is InChI=1S/C18H18Cl2N2O5S2/c1-11-9-12(22-17(23)18(2,3)10-28(22,24)25)7-8-15(11)29(26,27)21-16-13(19)5-4-6-14(16)20/h4-9,21H,10H2,1-3H3. The molecule has 1 amide bonds. The summed E-state index contributed by atoms with van der Waals surface area (Å²) in [6.07, 6.45) is 0. The van der Waals surface area contributed by atoms with Crippen LogP contribution < -0.4 is 9.03 Å². The number of rotatable bonds is 4. The van der Waals surface area contributed by atoms with Gasteiger partial charge in [0.2, 0.25) is 15.9 Å². The number of carbonyl (C=O) groups is 1. The van der Waals surface area contributed by atoms with Crippen LogP contribution >= 0.6 is 23.2 Å². The maximum absolute atomic E-state index is 12.8. The summed E-state index contributed by atoms with van der Waals surface area (Å²) in [5.41, 5.74) is -0.670. The summed E-state index contributed by atoms with van der Waals surface area (Å²) in [6, 6.07) is 8.44. The van der Waals surface area contributed by atoms with E-state index in [2.05, 4.69) is 4.72 Å². The van der Waals surface area contributed by atoms with E-state index in [1.54, 1.807) is 19.9 Å². The number of para-hydroxylation sites is 1. The molecule has 2 aromatic rings. The lowest BCUT2D eigenvalue weighted by Crippen LogP contribution is -2.33. The second kappa shape index (κ2) is 7.16. The van der Waals surface area contributed by atoms with Gasteiger partial charge in [-0.2, -0.15) is 0 Å². The Morgan fingerprint density at radius 3 is 2.17 bits per heavy atom. The fourth-order valence-electron chi connectivity index (χ4n) is 3.11. The van der Waals surface area contributed by atoms with E-state index in [1.807, 2.05) is 0 Å². The number of amides is 1. The molecule has 11 heteroatoms. The van der Waals surface area contributed by atoms with Crippen molar-refractivity contribution in [3.05, 3.63) is 52.0 Å². The van der Waals surface area contributed by atoms with Crippen molar-refractivity contribution in [3.8, 4) is 0 Å². The molecular weight excluding hydrogens is 459 g/mol. The van der Waals surface area contributed by atoms with Crippen molar-refractivity contribution in [2.45, 2.75) is 25.7 Å². The Bertz CT molecular complexity index is 1200. The van der Waals surface area contributed by atoms with E-state index >= 15 is 0 Å². The number of sulfonamides is 2. The van der Waals surface area contributed by atoms with E-state index in [-0.39, 0.29) is 37.6 Å². The van der Waals surface area contributed by atoms with Crippen molar-refractivity contribution in [3.63, 3.8) is 0 Å². The van der Waals surface area contributed by atoms with Crippen LogP contribution in [0.15, 0.2) is 41.3 Å². The molecule has 1 N–H and O–H groups in total. The van der Waals surface area contributed by atoms with Crippen LogP contribution in [0.5, 0.6) is 0 Å². The number of anilines is 2. The van der Waals surface area contributed by atoms with Gasteiger partial charge in [0.1, 0.15) is 0 Å². The lowest BCUT2D eigenvalue weighted by Gasteiger charge is -2.19. The predicted octanol–water partition coefficient (Wildman–Crippen LogP) is 3.81. The molecule has 1 fully saturated rings. The van der Waals surface area contributed by atoms with Gasteiger partial charge in [-0.1, -0.05) is 29.3 Å². The second-order valence-electron chi connectivity index (χ2n) is 7.36. The van der Waals surface area contributed by atoms with Gasteiger partial charge in [-0.3, -0.25) is 9.52 Å². The van der Waals surface area contributed by atoms with Crippen LogP contribution in [0.2, 0.25) is 10.0 Å². The summed E-state index contributed by atoms with van der Waals surface area (Å²) in [4.78, 5) is 12.4. The van der Waals surface area contributed by atoms with Crippen LogP contribution in [0.4, 0.5) is 11.4 Å². The third kappa shape index (κ3) is 3.96. The summed E-state index contributed by atoms with van der Waals surface area (Å²) in [6.45, 7) is 4.61. The van der Waals surface area contributed by atoms with Crippen LogP contribution in [0.25, 0.3) is 0 Å². The molecule has 0 saturated carbocycles. The second-order valence-corrected chi connectivity index (χ2v) is 11.6. The smallest absolute Gasteiger partial charge is 0.262 e. The monoisotopic (exact) mass is 476 g/mol. The molecule has 3 rings (SSSR count). The molecule has 1 aliphatic rings. The molecule has 0 bridgehead atoms. The first kappa shape index (κ1) is 21.9. The quantitative estimate of drug-likeness (QED) is 0.722. The zero-order valence-electron chi connectivity index (χ0n) is 15.7. The zero-order valence-corrected chi connectivity index (χ0v) is 18.9. The Morgan fingerprint density at radius 1 is 1.10 bits per heavy atom. The van der Waals surface area contributed by atoms with Crippen molar-refractivity contribution in [2.24, 2.45) is 5.41 Å². The highest BCUT2D eigenvalue weighted by atomic mass is 35.5. The lowest BCUT2D eigenvalue weighted by molar-refractivity contribution is -0.123. The number of halogens is 2. The van der Waals surface area contributed by atoms with Crippen molar-refractivity contribution < 1.29 is 21.6 Å². The summed E-state index contributed by atoms with van der Waals surface area (Å²) >= 11 is 12.1. The summed E-state index contributed by atoms with van der Waals surface area (Å²) in [5, 5.41) is 0.262. The third-order valence-electron chi connectivity index (χ3n) is 4.47. The molecule has 0 aliphatic carbocycles. The predicted molar refractivity (Wildman–Crippen MR) is 114 cm³/mol. The minimum atomic E-state index is -4.07. The maximum Gasteiger partial charge on any atom is 0.262 e. The highest BCUT2D eigenvalue weighted by Gasteiger charge is 2.50. The van der Waals surface area contributed by atoms with E-state index in [9.17, 15) is 21.6 Å². The highest BCUT2D eigenvalue weighted by molar-refractivity contribution is 7.94. The van der Waals surface area contributed by atoms with E-state index in [4.69, 9.17) is 23.2 Å². The van der Waals surface area contributed by atoms with Crippen molar-refractivity contribution >= 4 is 60.5 Å². The summed E-state index contributed by atoms with van der Waals surface area (Å²) < 4.78 is 53.6. The fourth-order valence-corrected chi connectivity index (χ4v) is 7.14. The maximum atomic E-state index is 12.8. The topological polar surface area (TPSA) is 101 Å². The summed E-state index contributed by atoms with van der Waals surface area (Å²) in [7, 11) is -7.90. The molecule has 1 aliphatic heterocycles. The van der Waals surface area contributed by atoms with Crippen molar-refractivity contribution in [2.75, 3.05) is 14.8 Å². The van der Waals surface area contributed by atoms with E-state index < -0.39 is 31.4 Å². The molecule has 0 spiro atoms. The van der Waals surface area contributed by atoms with Crippen LogP contribution in [-0.2, 0) is 24.8 Å². The van der Waals surface area contributed by atoms with Gasteiger partial charge in [-0.15, -0.1) is 0 Å². The molecule has 29 heavy (non-hydrogen) atoms. The van der Waals surface area contributed by atoms with Crippen molar-refractivity contribution in [1.82, 2.24) is 0 Å². The van der Waals surface area contributed by atoms with Gasteiger partial charge in [0.25, 0.3) is 10.0 Å². The number of carbonyl (C=O) groups excluding carboxylic acids is 1. The molecule has 156 valence electrons. The average molecular weight is 477 g/mol. The van der Waals surface area contributed by atoms with Gasteiger partial charge >= 0.3 is 0 Å². The Labute approximate surface area is 179 Å². The molecule has 0 atom stereocenters. The van der Waals surface area contributed by atoms with Crippen LogP contribution in [0.3, 0.4) is 0 Å². The largest absolute Gasteiger partial charge is 0.277 e. The molecule has 0 radical (unpaired) electrons. The first-order valence-electron chi connectivity index (χ1n) is 8.41. The van der Waals surface area contributed by atoms with Crippen LogP contribution in [-0.4, -0.2) is 28.5 Å². The number of hydrogen-bond donors (Lipinski definition) is 1. The first-order chi connectivity index (χ1) is 13.3. The normalized spacial score (nSPS) is 18.1. The number of benzene rings is 2. The Morgan fingerprint density at radius 2 is 1.69 bits per heavy atom. The van der Waals surface area contributed by atoms with Gasteiger partial charge < -0.3 is 0 Å². The summed E-state index contributed by atoms with van der Waals surface area (Å²) in [5.74, 6) is -0.877. The fraction of sp³-hybridized carbons (Fsp3) is 0.278. The Hall–Kier alpha value is -1.81. The molecule has 0 aromatic heterocycles. The lowest BCUT2D eigenvalue weighted by atomic mass is 9.95. The third-order valence-corrected chi connectivity index (χ3v) is 8.63. The first-order valence-corrected chi connectivity index (χ1v) is 12.3. The number of aryl methyl sites for hydroxylation is 1. The molecular formula is C18H18Cl2N2O5S2. The minimum Gasteiger partial charge on any atom is -0.277 e.